The summed E-state index contributed by atoms with van der Waals surface area (Å²) in [6.45, 7) is 0. The van der Waals surface area contributed by atoms with Crippen LogP contribution >= 0.6 is 20.3 Å². The molecule has 0 radical (unpaired) electrons. The van der Waals surface area contributed by atoms with Crippen molar-refractivity contribution in [1.82, 2.24) is 4.24 Å². The molecule has 0 saturated heterocycles. The van der Waals surface area contributed by atoms with Gasteiger partial charge in [-0.1, -0.05) is 0 Å². The number of nitrogens with zero attached hydrogens (tertiary/aromatic N) is 1. The molecule has 0 saturated carbocycles. The normalized spacial score (nSPS) is 18.5. The molecular weight excluding hydrogens is 233 g/mol. The molecule has 1 aliphatic rings. The topological polar surface area (TPSA) is 66.8 Å². The summed E-state index contributed by atoms with van der Waals surface area (Å²) in [5.41, 5.74) is 0. The second-order valence-electron chi connectivity index (χ2n) is 2.06. The third-order valence-corrected chi connectivity index (χ3v) is 3.91. The molecule has 0 atom stereocenters. The van der Waals surface area contributed by atoms with Crippen LogP contribution in [0.5, 0.6) is 0 Å². The van der Waals surface area contributed by atoms with Gasteiger partial charge in [-0.25, -0.2) is 0 Å². The minimum absolute atomic E-state index is 0.267. The van der Waals surface area contributed by atoms with Gasteiger partial charge in [0.1, 0.15) is 6.26 Å². The van der Waals surface area contributed by atoms with Gasteiger partial charge >= 0.3 is 0 Å². The van der Waals surface area contributed by atoms with Crippen molar-refractivity contribution in [2.24, 2.45) is 0 Å². The fraction of sp³-hybridized carbons (Fsp3) is 0.400. The Morgan fingerprint density at radius 2 is 2.38 bits per heavy atom. The van der Waals surface area contributed by atoms with Gasteiger partial charge in [-0.2, -0.15) is 8.42 Å². The minimum atomic E-state index is -3.86. The van der Waals surface area contributed by atoms with Gasteiger partial charge in [-0.3, -0.25) is 4.55 Å². The van der Waals surface area contributed by atoms with Gasteiger partial charge in [-0.05, 0) is 28.1 Å². The molecule has 74 valence electrons. The highest BCUT2D eigenvalue weighted by molar-refractivity contribution is 8.00. The number of rotatable bonds is 4. The Bertz CT molecular complexity index is 312. The van der Waals surface area contributed by atoms with Gasteiger partial charge in [0.25, 0.3) is 10.1 Å². The molecule has 0 bridgehead atoms. The van der Waals surface area contributed by atoms with Crippen molar-refractivity contribution >= 4 is 36.2 Å². The van der Waals surface area contributed by atoms with E-state index in [4.69, 9.17) is 9.39 Å². The maximum Gasteiger partial charge on any atom is 0.265 e. The van der Waals surface area contributed by atoms with Crippen LogP contribution in [0.4, 0.5) is 0 Å². The Morgan fingerprint density at radius 1 is 1.62 bits per heavy atom. The predicted molar refractivity (Wildman–Crippen MR) is 53.9 cm³/mol. The van der Waals surface area contributed by atoms with Crippen LogP contribution in [-0.4, -0.2) is 34.5 Å². The van der Waals surface area contributed by atoms with E-state index in [1.807, 2.05) is 5.80 Å². The zero-order valence-corrected chi connectivity index (χ0v) is 9.06. The van der Waals surface area contributed by atoms with Crippen molar-refractivity contribution in [1.29, 1.82) is 0 Å². The van der Waals surface area contributed by atoms with Crippen molar-refractivity contribution in [2.45, 2.75) is 0 Å². The van der Waals surface area contributed by atoms with E-state index in [0.29, 0.717) is 0 Å². The maximum atomic E-state index is 10.3. The first kappa shape index (κ1) is 11.0. The SMILES string of the molecule is O=S(=O)(O)CCSN1OC=CC=P1. The summed E-state index contributed by atoms with van der Waals surface area (Å²) in [7, 11) is -3.02. The second-order valence-corrected chi connectivity index (χ2v) is 5.79. The lowest BCUT2D eigenvalue weighted by molar-refractivity contribution is 0.0913. The van der Waals surface area contributed by atoms with E-state index >= 15 is 0 Å². The van der Waals surface area contributed by atoms with E-state index in [-0.39, 0.29) is 11.5 Å². The van der Waals surface area contributed by atoms with Crippen LogP contribution in [0, 0.1) is 0 Å². The van der Waals surface area contributed by atoms with Gasteiger partial charge in [-0.15, -0.1) is 0 Å². The molecule has 0 unspecified atom stereocenters. The third kappa shape index (κ3) is 5.28. The van der Waals surface area contributed by atoms with Crippen LogP contribution in [0.15, 0.2) is 12.3 Å². The van der Waals surface area contributed by atoms with Crippen LogP contribution in [-0.2, 0) is 15.0 Å². The molecule has 0 aromatic carbocycles. The first-order valence-corrected chi connectivity index (χ1v) is 6.79. The largest absolute Gasteiger partial charge is 0.395 e. The van der Waals surface area contributed by atoms with Crippen molar-refractivity contribution in [3.8, 4) is 0 Å². The summed E-state index contributed by atoms with van der Waals surface area (Å²) in [6, 6.07) is 0. The van der Waals surface area contributed by atoms with Gasteiger partial charge in [0.15, 0.2) is 0 Å². The monoisotopic (exact) mass is 241 g/mol. The maximum absolute atomic E-state index is 10.3. The lowest BCUT2D eigenvalue weighted by Gasteiger charge is -2.14. The number of hydrogen-bond donors (Lipinski definition) is 1. The first-order chi connectivity index (χ1) is 6.08. The summed E-state index contributed by atoms with van der Waals surface area (Å²) in [4.78, 5) is 4.99. The van der Waals surface area contributed by atoms with E-state index in [1.54, 1.807) is 6.08 Å². The van der Waals surface area contributed by atoms with Crippen molar-refractivity contribution in [2.75, 3.05) is 11.5 Å². The standard InChI is InChI=1S/C5H8NO4PS2/c7-13(8,9)5-4-12-6-10-2-1-3-11-6/h1-3H,4-5H2,(H,7,8,9). The molecule has 13 heavy (non-hydrogen) atoms. The molecule has 0 aromatic heterocycles. The highest BCUT2D eigenvalue weighted by atomic mass is 32.2. The first-order valence-electron chi connectivity index (χ1n) is 3.32. The van der Waals surface area contributed by atoms with E-state index in [2.05, 4.69) is 0 Å². The molecule has 1 N–H and O–H groups in total. The summed E-state index contributed by atoms with van der Waals surface area (Å²) >= 11 is 1.20. The lowest BCUT2D eigenvalue weighted by atomic mass is 10.7. The Morgan fingerprint density at radius 3 is 2.92 bits per heavy atom. The number of hydrogen-bond acceptors (Lipinski definition) is 5. The second kappa shape index (κ2) is 4.97. The fourth-order valence-electron chi connectivity index (χ4n) is 0.527. The fourth-order valence-corrected chi connectivity index (χ4v) is 2.97. The molecule has 0 amide bonds. The van der Waals surface area contributed by atoms with Crippen LogP contribution < -0.4 is 0 Å². The zero-order chi connectivity index (χ0) is 9.73. The molecule has 0 spiro atoms. The Labute approximate surface area is 82.4 Å². The van der Waals surface area contributed by atoms with Crippen LogP contribution in [0.25, 0.3) is 0 Å². The van der Waals surface area contributed by atoms with Gasteiger partial charge in [0, 0.05) is 14.1 Å². The predicted octanol–water partition coefficient (Wildman–Crippen LogP) is 0.947. The summed E-state index contributed by atoms with van der Waals surface area (Å²) < 4.78 is 30.6. The van der Waals surface area contributed by atoms with Gasteiger partial charge < -0.3 is 4.84 Å². The molecular formula is C5H8NO4PS2. The van der Waals surface area contributed by atoms with Crippen molar-refractivity contribution in [3.05, 3.63) is 12.3 Å². The Balaban J connectivity index is 2.20. The molecule has 5 nitrogen and oxygen atoms in total. The molecule has 1 rings (SSSR count). The molecule has 0 aliphatic carbocycles. The van der Waals surface area contributed by atoms with E-state index in [0.717, 1.165) is 8.35 Å². The molecule has 1 heterocycles. The molecule has 0 fully saturated rings. The van der Waals surface area contributed by atoms with Gasteiger partial charge in [0.2, 0.25) is 0 Å². The smallest absolute Gasteiger partial charge is 0.265 e. The quantitative estimate of drug-likeness (QED) is 0.449. The van der Waals surface area contributed by atoms with E-state index < -0.39 is 10.1 Å². The minimum Gasteiger partial charge on any atom is -0.395 e. The highest BCUT2D eigenvalue weighted by Crippen LogP contribution is 2.22. The summed E-state index contributed by atoms with van der Waals surface area (Å²) in [5.74, 6) is 1.86. The van der Waals surface area contributed by atoms with E-state index in [9.17, 15) is 8.42 Å². The Kier molecular flexibility index (Phi) is 4.21. The highest BCUT2D eigenvalue weighted by Gasteiger charge is 2.08. The Hall–Kier alpha value is -0.0700. The average molecular weight is 241 g/mol. The summed E-state index contributed by atoms with van der Waals surface area (Å²) in [5, 5.41) is 0. The molecule has 8 heteroatoms. The van der Waals surface area contributed by atoms with Gasteiger partial charge in [0.05, 0.1) is 5.75 Å². The number of allylic oxidation sites excluding steroid dienone is 1. The third-order valence-electron chi connectivity index (χ3n) is 1.02. The van der Waals surface area contributed by atoms with Crippen molar-refractivity contribution in [3.63, 3.8) is 0 Å². The molecule has 1 aliphatic heterocycles. The summed E-state index contributed by atoms with van der Waals surface area (Å²) in [6.07, 6.45) is 3.25. The van der Waals surface area contributed by atoms with Crippen LogP contribution in [0.3, 0.4) is 0 Å². The van der Waals surface area contributed by atoms with E-state index in [1.165, 1.54) is 22.4 Å². The van der Waals surface area contributed by atoms with Crippen molar-refractivity contribution < 1.29 is 17.8 Å². The average Bonchev–Trinajstić information content (AvgIpc) is 2.04. The van der Waals surface area contributed by atoms with Crippen LogP contribution in [0.1, 0.15) is 0 Å². The van der Waals surface area contributed by atoms with Crippen LogP contribution in [0.2, 0.25) is 0 Å². The zero-order valence-electron chi connectivity index (χ0n) is 6.53. The molecule has 0 aromatic rings. The lowest BCUT2D eigenvalue weighted by Crippen LogP contribution is -2.10.